The van der Waals surface area contributed by atoms with Gasteiger partial charge in [-0.2, -0.15) is 5.26 Å². The molecule has 0 radical (unpaired) electrons. The van der Waals surface area contributed by atoms with Crippen molar-refractivity contribution in [1.82, 2.24) is 0 Å². The lowest BCUT2D eigenvalue weighted by Gasteiger charge is -2.21. The molecule has 21 heavy (non-hydrogen) atoms. The lowest BCUT2D eigenvalue weighted by molar-refractivity contribution is -0.144. The third-order valence-electron chi connectivity index (χ3n) is 3.88. The Hall–Kier alpha value is -1.93. The van der Waals surface area contributed by atoms with E-state index in [1.165, 1.54) is 6.07 Å². The van der Waals surface area contributed by atoms with E-state index in [9.17, 15) is 14.4 Å². The third kappa shape index (κ3) is 2.91. The second-order valence-electron chi connectivity index (χ2n) is 5.21. The summed E-state index contributed by atoms with van der Waals surface area (Å²) >= 11 is 0. The number of hydrogen-bond acceptors (Lipinski definition) is 4. The lowest BCUT2D eigenvalue weighted by Crippen LogP contribution is -2.26. The van der Waals surface area contributed by atoms with Crippen LogP contribution < -0.4 is 0 Å². The van der Waals surface area contributed by atoms with Crippen molar-refractivity contribution in [3.05, 3.63) is 35.1 Å². The topological polar surface area (TPSA) is 59.3 Å². The molecule has 2 rings (SSSR count). The fourth-order valence-corrected chi connectivity index (χ4v) is 2.52. The number of esters is 1. The number of nitrogens with zero attached hydrogens (tertiary/aromatic N) is 1. The first-order valence-electron chi connectivity index (χ1n) is 6.99. The van der Waals surface area contributed by atoms with Gasteiger partial charge in [-0.15, -0.1) is 0 Å². The van der Waals surface area contributed by atoms with Crippen LogP contribution in [-0.2, 0) is 19.7 Å². The summed E-state index contributed by atoms with van der Waals surface area (Å²) < 4.78 is 24.6. The van der Waals surface area contributed by atoms with Gasteiger partial charge in [0, 0.05) is 12.2 Å². The molecule has 1 saturated heterocycles. The van der Waals surface area contributed by atoms with Crippen molar-refractivity contribution in [2.45, 2.75) is 31.6 Å². The summed E-state index contributed by atoms with van der Waals surface area (Å²) in [5, 5.41) is 9.36. The Labute approximate surface area is 123 Å². The Bertz CT molecular complexity index is 573. The molecule has 0 aromatic heterocycles. The van der Waals surface area contributed by atoms with Gasteiger partial charge >= 0.3 is 5.97 Å². The quantitative estimate of drug-likeness (QED) is 0.800. The Morgan fingerprint density at radius 1 is 1.62 bits per heavy atom. The van der Waals surface area contributed by atoms with Gasteiger partial charge < -0.3 is 9.47 Å². The summed E-state index contributed by atoms with van der Waals surface area (Å²) in [5.41, 5.74) is -0.0421. The summed E-state index contributed by atoms with van der Waals surface area (Å²) in [5.74, 6) is -1.40. The van der Waals surface area contributed by atoms with E-state index < -0.39 is 17.2 Å². The first-order chi connectivity index (χ1) is 10.0. The number of carbonyl (C=O) groups is 1. The first kappa shape index (κ1) is 15.5. The van der Waals surface area contributed by atoms with E-state index in [1.807, 2.05) is 0 Å². The first-order valence-corrected chi connectivity index (χ1v) is 6.99. The van der Waals surface area contributed by atoms with Gasteiger partial charge in [0.2, 0.25) is 0 Å². The molecule has 1 aromatic rings. The molecule has 0 bridgehead atoms. The fourth-order valence-electron chi connectivity index (χ4n) is 2.52. The van der Waals surface area contributed by atoms with Crippen molar-refractivity contribution < 1.29 is 18.7 Å². The zero-order chi connectivity index (χ0) is 15.5. The summed E-state index contributed by atoms with van der Waals surface area (Å²) in [7, 11) is 0. The molecule has 1 fully saturated rings. The molecule has 4 nitrogen and oxygen atoms in total. The van der Waals surface area contributed by atoms with Gasteiger partial charge in [-0.05, 0) is 31.9 Å². The van der Waals surface area contributed by atoms with Crippen LogP contribution in [0, 0.1) is 17.1 Å². The van der Waals surface area contributed by atoms with Gasteiger partial charge in [0.05, 0.1) is 25.2 Å². The molecule has 2 atom stereocenters. The number of rotatable bonds is 4. The highest BCUT2D eigenvalue weighted by Crippen LogP contribution is 2.35. The van der Waals surface area contributed by atoms with Gasteiger partial charge in [0.1, 0.15) is 11.2 Å². The zero-order valence-corrected chi connectivity index (χ0v) is 12.2. The Kier molecular flexibility index (Phi) is 4.59. The van der Waals surface area contributed by atoms with Crippen LogP contribution in [-0.4, -0.2) is 25.8 Å². The van der Waals surface area contributed by atoms with Gasteiger partial charge in [0.25, 0.3) is 0 Å². The van der Waals surface area contributed by atoms with E-state index in [0.29, 0.717) is 30.8 Å². The molecule has 0 N–H and O–H groups in total. The number of nitriles is 1. The van der Waals surface area contributed by atoms with Crippen molar-refractivity contribution in [2.75, 3.05) is 19.8 Å². The van der Waals surface area contributed by atoms with Crippen LogP contribution in [0.3, 0.4) is 0 Å². The second-order valence-corrected chi connectivity index (χ2v) is 5.21. The van der Waals surface area contributed by atoms with Crippen LogP contribution in [0.2, 0.25) is 0 Å². The molecule has 1 aliphatic rings. The second kappa shape index (κ2) is 6.23. The molecule has 0 amide bonds. The van der Waals surface area contributed by atoms with E-state index in [1.54, 1.807) is 26.0 Å². The largest absolute Gasteiger partial charge is 0.466 e. The van der Waals surface area contributed by atoms with Gasteiger partial charge in [0.15, 0.2) is 0 Å². The summed E-state index contributed by atoms with van der Waals surface area (Å²) in [6, 6.07) is 6.74. The summed E-state index contributed by atoms with van der Waals surface area (Å²) in [4.78, 5) is 11.7. The van der Waals surface area contributed by atoms with Crippen LogP contribution in [0.15, 0.2) is 18.2 Å². The maximum Gasteiger partial charge on any atom is 0.313 e. The fraction of sp³-hybridized carbons (Fsp3) is 0.500. The minimum Gasteiger partial charge on any atom is -0.466 e. The minimum absolute atomic E-state index is 0.202. The van der Waals surface area contributed by atoms with Crippen LogP contribution >= 0.6 is 0 Å². The number of halogens is 1. The molecule has 112 valence electrons. The minimum atomic E-state index is -0.921. The molecule has 0 spiro atoms. The molecule has 1 aromatic carbocycles. The monoisotopic (exact) mass is 291 g/mol. The normalized spacial score (nSPS) is 22.6. The molecular formula is C16H18FNO3. The zero-order valence-electron chi connectivity index (χ0n) is 12.2. The highest BCUT2D eigenvalue weighted by molar-refractivity contribution is 5.77. The van der Waals surface area contributed by atoms with Crippen LogP contribution in [0.1, 0.15) is 37.3 Å². The van der Waals surface area contributed by atoms with E-state index in [-0.39, 0.29) is 12.6 Å². The molecular weight excluding hydrogens is 273 g/mol. The molecule has 1 aliphatic heterocycles. The lowest BCUT2D eigenvalue weighted by atomic mass is 9.80. The Morgan fingerprint density at radius 2 is 2.38 bits per heavy atom. The van der Waals surface area contributed by atoms with Crippen LogP contribution in [0.4, 0.5) is 4.39 Å². The van der Waals surface area contributed by atoms with Crippen molar-refractivity contribution in [1.29, 1.82) is 5.26 Å². The number of hydrogen-bond donors (Lipinski definition) is 0. The smallest absolute Gasteiger partial charge is 0.313 e. The predicted molar refractivity (Wildman–Crippen MR) is 74.2 cm³/mol. The molecule has 2 unspecified atom stereocenters. The van der Waals surface area contributed by atoms with Crippen molar-refractivity contribution in [2.24, 2.45) is 0 Å². The Morgan fingerprint density at radius 3 is 2.90 bits per heavy atom. The SMILES string of the molecule is CCOC(=O)C(C)c1ccc(C2(C#N)CCOC2)c(F)c1. The maximum atomic E-state index is 14.4. The van der Waals surface area contributed by atoms with Crippen molar-refractivity contribution in [3.8, 4) is 6.07 Å². The summed E-state index contributed by atoms with van der Waals surface area (Å²) in [6.07, 6.45) is 0.479. The van der Waals surface area contributed by atoms with E-state index >= 15 is 0 Å². The highest BCUT2D eigenvalue weighted by Gasteiger charge is 2.39. The average molecular weight is 291 g/mol. The number of carbonyl (C=O) groups excluding carboxylic acids is 1. The van der Waals surface area contributed by atoms with Gasteiger partial charge in [-0.1, -0.05) is 12.1 Å². The van der Waals surface area contributed by atoms with Gasteiger partial charge in [-0.25, -0.2) is 4.39 Å². The maximum absolute atomic E-state index is 14.4. The number of benzene rings is 1. The third-order valence-corrected chi connectivity index (χ3v) is 3.88. The summed E-state index contributed by atoms with van der Waals surface area (Å²) in [6.45, 7) is 4.34. The highest BCUT2D eigenvalue weighted by atomic mass is 19.1. The van der Waals surface area contributed by atoms with E-state index in [0.717, 1.165) is 0 Å². The molecule has 5 heteroatoms. The van der Waals surface area contributed by atoms with Crippen LogP contribution in [0.25, 0.3) is 0 Å². The molecule has 0 saturated carbocycles. The van der Waals surface area contributed by atoms with Crippen molar-refractivity contribution >= 4 is 5.97 Å². The Balaban J connectivity index is 2.30. The van der Waals surface area contributed by atoms with Crippen LogP contribution in [0.5, 0.6) is 0 Å². The van der Waals surface area contributed by atoms with Crippen molar-refractivity contribution in [3.63, 3.8) is 0 Å². The predicted octanol–water partition coefficient (Wildman–Crippen LogP) is 2.67. The standard InChI is InChI=1S/C16H18FNO3/c1-3-21-15(19)11(2)12-4-5-13(14(17)8-12)16(9-18)6-7-20-10-16/h4-5,8,11H,3,6-7,10H2,1-2H3. The molecule has 0 aliphatic carbocycles. The van der Waals surface area contributed by atoms with E-state index in [2.05, 4.69) is 6.07 Å². The molecule has 1 heterocycles. The average Bonchev–Trinajstić information content (AvgIpc) is 2.96. The van der Waals surface area contributed by atoms with Gasteiger partial charge in [-0.3, -0.25) is 4.79 Å². The van der Waals surface area contributed by atoms with E-state index in [4.69, 9.17) is 9.47 Å². The number of ether oxygens (including phenoxy) is 2.